The van der Waals surface area contributed by atoms with Crippen LogP contribution in [0.25, 0.3) is 10.8 Å². The number of fused-ring (bicyclic) bond motifs is 1. The highest BCUT2D eigenvalue weighted by molar-refractivity contribution is 5.97. The minimum atomic E-state index is -0.940. The van der Waals surface area contributed by atoms with Gasteiger partial charge in [0.25, 0.3) is 0 Å². The molecule has 0 fully saturated rings. The van der Waals surface area contributed by atoms with Crippen molar-refractivity contribution in [1.82, 2.24) is 4.90 Å². The largest absolute Gasteiger partial charge is 0.492 e. The zero-order chi connectivity index (χ0) is 14.7. The molecule has 2 rings (SSSR count). The Bertz CT molecular complexity index is 635. The highest BCUT2D eigenvalue weighted by Gasteiger charge is 2.10. The van der Waals surface area contributed by atoms with Crippen LogP contribution in [-0.2, 0) is 0 Å². The summed E-state index contributed by atoms with van der Waals surface area (Å²) < 4.78 is 5.77. The van der Waals surface area contributed by atoms with Gasteiger partial charge < -0.3 is 14.7 Å². The zero-order valence-corrected chi connectivity index (χ0v) is 12.0. The van der Waals surface area contributed by atoms with Crippen molar-refractivity contribution in [2.24, 2.45) is 0 Å². The van der Waals surface area contributed by atoms with Crippen LogP contribution in [0.2, 0.25) is 0 Å². The number of likely N-dealkylation sites (N-methyl/N-ethyl adjacent to an activating group) is 1. The smallest absolute Gasteiger partial charge is 0.335 e. The lowest BCUT2D eigenvalue weighted by molar-refractivity contribution is 0.0696. The number of carboxylic acid groups (broad SMARTS) is 1. The molecule has 0 saturated heterocycles. The molecule has 0 heterocycles. The molecule has 106 valence electrons. The SMILES string of the molecule is Cc1ccc2cc(C(=O)O)cc(OCCN(C)C)c2c1. The van der Waals surface area contributed by atoms with Crippen molar-refractivity contribution < 1.29 is 14.6 Å². The van der Waals surface area contributed by atoms with Crippen molar-refractivity contribution >= 4 is 16.7 Å². The Morgan fingerprint density at radius 1 is 1.25 bits per heavy atom. The highest BCUT2D eigenvalue weighted by Crippen LogP contribution is 2.28. The summed E-state index contributed by atoms with van der Waals surface area (Å²) in [4.78, 5) is 13.2. The number of benzene rings is 2. The minimum absolute atomic E-state index is 0.251. The Balaban J connectivity index is 2.42. The summed E-state index contributed by atoms with van der Waals surface area (Å²) >= 11 is 0. The summed E-state index contributed by atoms with van der Waals surface area (Å²) in [5, 5.41) is 11.0. The van der Waals surface area contributed by atoms with E-state index in [1.165, 1.54) is 0 Å². The van der Waals surface area contributed by atoms with Crippen LogP contribution in [0.5, 0.6) is 5.75 Å². The van der Waals surface area contributed by atoms with Crippen molar-refractivity contribution in [2.75, 3.05) is 27.2 Å². The predicted octanol–water partition coefficient (Wildman–Crippen LogP) is 2.79. The van der Waals surface area contributed by atoms with E-state index in [1.807, 2.05) is 44.1 Å². The minimum Gasteiger partial charge on any atom is -0.492 e. The molecule has 2 aromatic rings. The molecule has 0 bridgehead atoms. The van der Waals surface area contributed by atoms with Gasteiger partial charge in [-0.2, -0.15) is 0 Å². The van der Waals surface area contributed by atoms with Gasteiger partial charge in [0.2, 0.25) is 0 Å². The molecule has 0 aliphatic heterocycles. The van der Waals surface area contributed by atoms with Crippen molar-refractivity contribution in [3.05, 3.63) is 41.5 Å². The van der Waals surface area contributed by atoms with Crippen molar-refractivity contribution in [2.45, 2.75) is 6.92 Å². The maximum atomic E-state index is 11.2. The van der Waals surface area contributed by atoms with Crippen molar-refractivity contribution in [3.63, 3.8) is 0 Å². The first-order valence-electron chi connectivity index (χ1n) is 6.52. The van der Waals surface area contributed by atoms with Crippen molar-refractivity contribution in [1.29, 1.82) is 0 Å². The van der Waals surface area contributed by atoms with E-state index >= 15 is 0 Å². The van der Waals surface area contributed by atoms with Crippen LogP contribution in [0.1, 0.15) is 15.9 Å². The second-order valence-electron chi connectivity index (χ2n) is 5.16. The number of nitrogens with zero attached hydrogens (tertiary/aromatic N) is 1. The second kappa shape index (κ2) is 5.92. The van der Waals surface area contributed by atoms with Gasteiger partial charge in [0.1, 0.15) is 12.4 Å². The Labute approximate surface area is 118 Å². The third-order valence-corrected chi connectivity index (χ3v) is 3.11. The van der Waals surface area contributed by atoms with Crippen LogP contribution in [0.4, 0.5) is 0 Å². The Kier molecular flexibility index (Phi) is 4.25. The number of aryl methyl sites for hydroxylation is 1. The van der Waals surface area contributed by atoms with Crippen LogP contribution in [-0.4, -0.2) is 43.2 Å². The Morgan fingerprint density at radius 2 is 2.00 bits per heavy atom. The van der Waals surface area contributed by atoms with Gasteiger partial charge in [0.15, 0.2) is 0 Å². The topological polar surface area (TPSA) is 49.8 Å². The Morgan fingerprint density at radius 3 is 2.65 bits per heavy atom. The maximum Gasteiger partial charge on any atom is 0.335 e. The standard InChI is InChI=1S/C16H19NO3/c1-11-4-5-12-9-13(16(18)19)10-15(14(12)8-11)20-7-6-17(2)3/h4-5,8-10H,6-7H2,1-3H3,(H,18,19). The molecule has 0 aliphatic rings. The number of ether oxygens (including phenoxy) is 1. The molecular weight excluding hydrogens is 254 g/mol. The summed E-state index contributed by atoms with van der Waals surface area (Å²) in [5.41, 5.74) is 1.37. The van der Waals surface area contributed by atoms with Gasteiger partial charge in [-0.15, -0.1) is 0 Å². The van der Waals surface area contributed by atoms with E-state index in [4.69, 9.17) is 4.74 Å². The molecule has 0 amide bonds. The molecule has 0 aliphatic carbocycles. The lowest BCUT2D eigenvalue weighted by Crippen LogP contribution is -2.19. The fourth-order valence-electron chi connectivity index (χ4n) is 2.02. The van der Waals surface area contributed by atoms with E-state index in [2.05, 4.69) is 0 Å². The molecule has 0 unspecified atom stereocenters. The number of aromatic carboxylic acids is 1. The van der Waals surface area contributed by atoms with Crippen LogP contribution >= 0.6 is 0 Å². The molecule has 4 heteroatoms. The van der Waals surface area contributed by atoms with Gasteiger partial charge >= 0.3 is 5.97 Å². The molecule has 0 radical (unpaired) electrons. The third-order valence-electron chi connectivity index (χ3n) is 3.11. The number of rotatable bonds is 5. The summed E-state index contributed by atoms with van der Waals surface area (Å²) in [6.07, 6.45) is 0. The van der Waals surface area contributed by atoms with E-state index in [9.17, 15) is 9.90 Å². The van der Waals surface area contributed by atoms with Gasteiger partial charge in [-0.1, -0.05) is 17.7 Å². The monoisotopic (exact) mass is 273 g/mol. The van der Waals surface area contributed by atoms with Gasteiger partial charge in [0, 0.05) is 11.9 Å². The molecule has 4 nitrogen and oxygen atoms in total. The molecule has 2 aromatic carbocycles. The summed E-state index contributed by atoms with van der Waals surface area (Å²) in [7, 11) is 3.94. The van der Waals surface area contributed by atoms with Gasteiger partial charge in [0.05, 0.1) is 5.56 Å². The molecule has 0 aromatic heterocycles. The average Bonchev–Trinajstić information content (AvgIpc) is 2.38. The first kappa shape index (κ1) is 14.3. The molecule has 0 atom stereocenters. The lowest BCUT2D eigenvalue weighted by atomic mass is 10.0. The van der Waals surface area contributed by atoms with E-state index in [-0.39, 0.29) is 5.56 Å². The fourth-order valence-corrected chi connectivity index (χ4v) is 2.02. The summed E-state index contributed by atoms with van der Waals surface area (Å²) in [5.74, 6) is -0.310. The third kappa shape index (κ3) is 3.27. The second-order valence-corrected chi connectivity index (χ2v) is 5.16. The van der Waals surface area contributed by atoms with E-state index in [0.717, 1.165) is 22.9 Å². The number of hydrogen-bond acceptors (Lipinski definition) is 3. The summed E-state index contributed by atoms with van der Waals surface area (Å²) in [6.45, 7) is 3.32. The normalized spacial score (nSPS) is 11.0. The maximum absolute atomic E-state index is 11.2. The van der Waals surface area contributed by atoms with Gasteiger partial charge in [-0.25, -0.2) is 4.79 Å². The first-order chi connectivity index (χ1) is 9.47. The zero-order valence-electron chi connectivity index (χ0n) is 12.0. The van der Waals surface area contributed by atoms with E-state index < -0.39 is 5.97 Å². The number of carboxylic acids is 1. The lowest BCUT2D eigenvalue weighted by Gasteiger charge is -2.14. The van der Waals surface area contributed by atoms with Gasteiger partial charge in [-0.05, 0) is 44.6 Å². The number of hydrogen-bond donors (Lipinski definition) is 1. The average molecular weight is 273 g/mol. The molecule has 0 saturated carbocycles. The fraction of sp³-hybridized carbons (Fsp3) is 0.312. The summed E-state index contributed by atoms with van der Waals surface area (Å²) in [6, 6.07) is 9.19. The molecule has 20 heavy (non-hydrogen) atoms. The van der Waals surface area contributed by atoms with E-state index in [0.29, 0.717) is 12.4 Å². The van der Waals surface area contributed by atoms with E-state index in [1.54, 1.807) is 12.1 Å². The Hall–Kier alpha value is -2.07. The van der Waals surface area contributed by atoms with Crippen LogP contribution < -0.4 is 4.74 Å². The van der Waals surface area contributed by atoms with Crippen LogP contribution in [0.3, 0.4) is 0 Å². The van der Waals surface area contributed by atoms with Crippen molar-refractivity contribution in [3.8, 4) is 5.75 Å². The van der Waals surface area contributed by atoms with Crippen LogP contribution in [0.15, 0.2) is 30.3 Å². The first-order valence-corrected chi connectivity index (χ1v) is 6.52. The predicted molar refractivity (Wildman–Crippen MR) is 79.7 cm³/mol. The molecule has 0 spiro atoms. The number of carbonyl (C=O) groups is 1. The van der Waals surface area contributed by atoms with Crippen LogP contribution in [0, 0.1) is 6.92 Å². The molecular formula is C16H19NO3. The molecule has 1 N–H and O–H groups in total. The highest BCUT2D eigenvalue weighted by atomic mass is 16.5. The van der Waals surface area contributed by atoms with Gasteiger partial charge in [-0.3, -0.25) is 0 Å². The quantitative estimate of drug-likeness (QED) is 0.910.